The predicted octanol–water partition coefficient (Wildman–Crippen LogP) is 4.68. The van der Waals surface area contributed by atoms with Gasteiger partial charge in [-0.3, -0.25) is 9.59 Å². The molecule has 0 fully saturated rings. The molecule has 0 unspecified atom stereocenters. The molecule has 0 aliphatic rings. The lowest BCUT2D eigenvalue weighted by molar-refractivity contribution is -0.118. The van der Waals surface area contributed by atoms with Crippen LogP contribution in [0.25, 0.3) is 0 Å². The topological polar surface area (TPSA) is 76.7 Å². The average Bonchev–Trinajstić information content (AvgIpc) is 2.71. The van der Waals surface area contributed by atoms with E-state index in [1.54, 1.807) is 31.4 Å². The Balaban J connectivity index is 2.12. The normalized spacial score (nSPS) is 11.7. The predicted molar refractivity (Wildman–Crippen MR) is 129 cm³/mol. The van der Waals surface area contributed by atoms with E-state index in [1.165, 1.54) is 5.56 Å². The lowest BCUT2D eigenvalue weighted by Crippen LogP contribution is -2.29. The fraction of sp³-hybridized carbons (Fsp3) is 0.462. The molecule has 2 N–H and O–H groups in total. The second-order valence-electron chi connectivity index (χ2n) is 9.84. The highest BCUT2D eigenvalue weighted by atomic mass is 16.5. The van der Waals surface area contributed by atoms with E-state index in [0.29, 0.717) is 30.2 Å². The summed E-state index contributed by atoms with van der Waals surface area (Å²) < 4.78 is 10.9. The number of para-hydroxylation sites is 1. The zero-order valence-corrected chi connectivity index (χ0v) is 20.3. The number of carbonyl (C=O) groups is 2. The maximum absolute atomic E-state index is 12.6. The summed E-state index contributed by atoms with van der Waals surface area (Å²) in [4.78, 5) is 25.0. The van der Waals surface area contributed by atoms with Crippen LogP contribution in [0, 0.1) is 0 Å². The van der Waals surface area contributed by atoms with Crippen LogP contribution in [-0.2, 0) is 20.4 Å². The summed E-state index contributed by atoms with van der Waals surface area (Å²) in [6.07, 6.45) is 0. The monoisotopic (exact) mass is 440 g/mol. The molecule has 0 atom stereocenters. The number of rotatable bonds is 8. The molecular weight excluding hydrogens is 404 g/mol. The van der Waals surface area contributed by atoms with Crippen molar-refractivity contribution in [1.82, 2.24) is 5.32 Å². The third-order valence-corrected chi connectivity index (χ3v) is 5.05. The van der Waals surface area contributed by atoms with Gasteiger partial charge in [0.2, 0.25) is 0 Å². The lowest BCUT2D eigenvalue weighted by Gasteiger charge is -2.27. The minimum absolute atomic E-state index is 0.0173. The van der Waals surface area contributed by atoms with Crippen molar-refractivity contribution in [2.24, 2.45) is 0 Å². The minimum atomic E-state index is -0.332. The molecule has 0 aromatic heterocycles. The molecule has 2 aromatic carbocycles. The van der Waals surface area contributed by atoms with Crippen molar-refractivity contribution in [3.63, 3.8) is 0 Å². The summed E-state index contributed by atoms with van der Waals surface area (Å²) in [5.74, 6) is 0.0831. The Hall–Kier alpha value is -2.86. The van der Waals surface area contributed by atoms with Crippen molar-refractivity contribution < 1.29 is 19.1 Å². The third-order valence-electron chi connectivity index (χ3n) is 5.05. The van der Waals surface area contributed by atoms with Gasteiger partial charge in [-0.05, 0) is 40.2 Å². The molecule has 0 heterocycles. The van der Waals surface area contributed by atoms with Gasteiger partial charge in [-0.25, -0.2) is 0 Å². The summed E-state index contributed by atoms with van der Waals surface area (Å²) in [5, 5.41) is 5.56. The summed E-state index contributed by atoms with van der Waals surface area (Å²) in [5.41, 5.74) is 2.98. The minimum Gasteiger partial charge on any atom is -0.483 e. The second-order valence-corrected chi connectivity index (χ2v) is 9.84. The van der Waals surface area contributed by atoms with E-state index in [2.05, 4.69) is 58.2 Å². The number of amides is 2. The Bertz CT molecular complexity index is 940. The highest BCUT2D eigenvalue weighted by Gasteiger charge is 2.23. The van der Waals surface area contributed by atoms with Gasteiger partial charge in [-0.15, -0.1) is 0 Å². The van der Waals surface area contributed by atoms with Crippen LogP contribution in [0.3, 0.4) is 0 Å². The number of hydrogen-bond acceptors (Lipinski definition) is 4. The van der Waals surface area contributed by atoms with Crippen molar-refractivity contribution in [1.29, 1.82) is 0 Å². The maximum atomic E-state index is 12.6. The van der Waals surface area contributed by atoms with Crippen LogP contribution in [0.1, 0.15) is 63.0 Å². The van der Waals surface area contributed by atoms with E-state index in [9.17, 15) is 9.59 Å². The molecule has 0 radical (unpaired) electrons. The Morgan fingerprint density at radius 3 is 2.25 bits per heavy atom. The van der Waals surface area contributed by atoms with Crippen LogP contribution in [0.5, 0.6) is 5.75 Å². The van der Waals surface area contributed by atoms with Gasteiger partial charge >= 0.3 is 0 Å². The summed E-state index contributed by atoms with van der Waals surface area (Å²) >= 11 is 0. The van der Waals surface area contributed by atoms with Gasteiger partial charge < -0.3 is 20.1 Å². The molecule has 2 aromatic rings. The van der Waals surface area contributed by atoms with Crippen molar-refractivity contribution in [2.45, 2.75) is 52.4 Å². The number of anilines is 1. The van der Waals surface area contributed by atoms with Gasteiger partial charge in [-0.2, -0.15) is 0 Å². The maximum Gasteiger partial charge on any atom is 0.262 e. The molecule has 0 spiro atoms. The van der Waals surface area contributed by atoms with E-state index in [4.69, 9.17) is 9.47 Å². The molecule has 174 valence electrons. The summed E-state index contributed by atoms with van der Waals surface area (Å²) in [6, 6.07) is 13.0. The Labute approximate surface area is 191 Å². The first kappa shape index (κ1) is 25.4. The highest BCUT2D eigenvalue weighted by Crippen LogP contribution is 2.35. The molecule has 2 rings (SSSR count). The third kappa shape index (κ3) is 7.09. The number of hydrogen-bond donors (Lipinski definition) is 2. The van der Waals surface area contributed by atoms with E-state index < -0.39 is 0 Å². The molecule has 0 aliphatic carbocycles. The first-order chi connectivity index (χ1) is 14.9. The van der Waals surface area contributed by atoms with E-state index in [0.717, 1.165) is 5.56 Å². The standard InChI is InChI=1S/C26H36N2O4/c1-25(2,3)18-12-13-22(20(16-18)26(4,5)6)32-17-23(29)28-21-11-9-8-10-19(21)24(30)27-14-15-31-7/h8-13,16H,14-15,17H2,1-7H3,(H,27,30)(H,28,29). The van der Waals surface area contributed by atoms with Gasteiger partial charge in [0, 0.05) is 13.7 Å². The molecule has 6 nitrogen and oxygen atoms in total. The molecule has 0 aliphatic heterocycles. The van der Waals surface area contributed by atoms with Gasteiger partial charge in [0.05, 0.1) is 17.9 Å². The SMILES string of the molecule is COCCNC(=O)c1ccccc1NC(=O)COc1ccc(C(C)(C)C)cc1C(C)(C)C. The van der Waals surface area contributed by atoms with Crippen LogP contribution in [-0.4, -0.2) is 38.7 Å². The molecule has 0 saturated heterocycles. The largest absolute Gasteiger partial charge is 0.483 e. The zero-order chi connectivity index (χ0) is 23.9. The summed E-state index contributed by atoms with van der Waals surface area (Å²) in [6.45, 7) is 13.5. The van der Waals surface area contributed by atoms with E-state index in [1.807, 2.05) is 12.1 Å². The van der Waals surface area contributed by atoms with Crippen LogP contribution in [0.2, 0.25) is 0 Å². The number of nitrogens with one attached hydrogen (secondary N) is 2. The van der Waals surface area contributed by atoms with Crippen LogP contribution in [0.4, 0.5) is 5.69 Å². The zero-order valence-electron chi connectivity index (χ0n) is 20.3. The second kappa shape index (κ2) is 10.6. The van der Waals surface area contributed by atoms with Gasteiger partial charge in [0.1, 0.15) is 5.75 Å². The van der Waals surface area contributed by atoms with Crippen LogP contribution >= 0.6 is 0 Å². The van der Waals surface area contributed by atoms with Crippen molar-refractivity contribution in [3.8, 4) is 5.75 Å². The van der Waals surface area contributed by atoms with Crippen LogP contribution in [0.15, 0.2) is 42.5 Å². The fourth-order valence-corrected chi connectivity index (χ4v) is 3.19. The molecular formula is C26H36N2O4. The number of methoxy groups -OCH3 is 1. The Morgan fingerprint density at radius 1 is 0.938 bits per heavy atom. The van der Waals surface area contributed by atoms with Gasteiger partial charge in [-0.1, -0.05) is 65.8 Å². The lowest BCUT2D eigenvalue weighted by atomic mass is 9.80. The highest BCUT2D eigenvalue weighted by molar-refractivity contribution is 6.04. The Morgan fingerprint density at radius 2 is 1.62 bits per heavy atom. The fourth-order valence-electron chi connectivity index (χ4n) is 3.19. The first-order valence-corrected chi connectivity index (χ1v) is 10.9. The molecule has 2 amide bonds. The van der Waals surface area contributed by atoms with E-state index in [-0.39, 0.29) is 29.3 Å². The van der Waals surface area contributed by atoms with Gasteiger partial charge in [0.15, 0.2) is 6.61 Å². The van der Waals surface area contributed by atoms with Gasteiger partial charge in [0.25, 0.3) is 11.8 Å². The quantitative estimate of drug-likeness (QED) is 0.585. The smallest absolute Gasteiger partial charge is 0.262 e. The molecule has 6 heteroatoms. The molecule has 0 bridgehead atoms. The van der Waals surface area contributed by atoms with Crippen molar-refractivity contribution >= 4 is 17.5 Å². The summed E-state index contributed by atoms with van der Waals surface area (Å²) in [7, 11) is 1.57. The van der Waals surface area contributed by atoms with Crippen LogP contribution < -0.4 is 15.4 Å². The molecule has 32 heavy (non-hydrogen) atoms. The number of carbonyl (C=O) groups excluding carboxylic acids is 2. The Kier molecular flexibility index (Phi) is 8.44. The number of benzene rings is 2. The average molecular weight is 441 g/mol. The molecule has 0 saturated carbocycles. The first-order valence-electron chi connectivity index (χ1n) is 10.9. The van der Waals surface area contributed by atoms with Crippen molar-refractivity contribution in [2.75, 3.05) is 32.2 Å². The van der Waals surface area contributed by atoms with Crippen molar-refractivity contribution in [3.05, 3.63) is 59.2 Å². The number of ether oxygens (including phenoxy) is 2. The van der Waals surface area contributed by atoms with E-state index >= 15 is 0 Å².